The summed E-state index contributed by atoms with van der Waals surface area (Å²) in [6.07, 6.45) is 0.504. The number of amides is 1. The first-order chi connectivity index (χ1) is 11.9. The molecule has 2 aromatic carbocycles. The minimum absolute atomic E-state index is 0.282. The van der Waals surface area contributed by atoms with E-state index in [1.54, 1.807) is 24.3 Å². The summed E-state index contributed by atoms with van der Waals surface area (Å²) in [6, 6.07) is 11.1. The van der Waals surface area contributed by atoms with Crippen LogP contribution in [0.2, 0.25) is 10.0 Å². The number of aliphatic carboxylic acids is 1. The van der Waals surface area contributed by atoms with Gasteiger partial charge >= 0.3 is 5.97 Å². The van der Waals surface area contributed by atoms with Crippen molar-refractivity contribution in [3.05, 3.63) is 63.6 Å². The number of carboxylic acids is 1. The minimum Gasteiger partial charge on any atom is -0.479 e. The molecule has 0 aliphatic rings. The van der Waals surface area contributed by atoms with Crippen LogP contribution in [0.1, 0.15) is 22.8 Å². The Morgan fingerprint density at radius 3 is 2.44 bits per heavy atom. The molecule has 2 aromatic rings. The molecule has 0 heterocycles. The van der Waals surface area contributed by atoms with E-state index in [4.69, 9.17) is 33.0 Å². The molecule has 0 aliphatic carbocycles. The molecule has 2 rings (SSSR count). The van der Waals surface area contributed by atoms with Gasteiger partial charge in [0.15, 0.2) is 6.10 Å². The number of carboxylic acid groups (broad SMARTS) is 1. The number of hydrogen-bond acceptors (Lipinski definition) is 4. The topological polar surface area (TPSA) is 88.0 Å². The molecular formula is C17H14Cl2N2O4. The Morgan fingerprint density at radius 1 is 1.16 bits per heavy atom. The maximum Gasteiger partial charge on any atom is 0.344 e. The van der Waals surface area contributed by atoms with E-state index in [1.165, 1.54) is 31.3 Å². The summed E-state index contributed by atoms with van der Waals surface area (Å²) in [4.78, 5) is 22.7. The minimum atomic E-state index is -1.05. The summed E-state index contributed by atoms with van der Waals surface area (Å²) in [5.41, 5.74) is 3.41. The number of ether oxygens (including phenoxy) is 1. The molecule has 25 heavy (non-hydrogen) atoms. The Bertz CT molecular complexity index is 807. The van der Waals surface area contributed by atoms with Crippen molar-refractivity contribution in [2.24, 2.45) is 5.10 Å². The second-order valence-electron chi connectivity index (χ2n) is 5.00. The molecule has 6 nitrogen and oxygen atoms in total. The SMILES string of the molecule is C[C@H](Oc1ccc(/C=N\NC(=O)c2ccc(Cl)c(Cl)c2)cc1)C(=O)O. The largest absolute Gasteiger partial charge is 0.479 e. The molecule has 0 saturated heterocycles. The van der Waals surface area contributed by atoms with Crippen molar-refractivity contribution in [3.63, 3.8) is 0 Å². The first-order valence-electron chi connectivity index (χ1n) is 7.15. The van der Waals surface area contributed by atoms with Gasteiger partial charge in [0.25, 0.3) is 5.91 Å². The van der Waals surface area contributed by atoms with Crippen LogP contribution in [0.15, 0.2) is 47.6 Å². The van der Waals surface area contributed by atoms with Crippen molar-refractivity contribution in [2.75, 3.05) is 0 Å². The summed E-state index contributed by atoms with van der Waals surface area (Å²) in [5, 5.41) is 13.3. The lowest BCUT2D eigenvalue weighted by atomic mass is 10.2. The summed E-state index contributed by atoms with van der Waals surface area (Å²) in [7, 11) is 0. The Kier molecular flexibility index (Phi) is 6.38. The number of benzene rings is 2. The molecule has 130 valence electrons. The lowest BCUT2D eigenvalue weighted by molar-refractivity contribution is -0.144. The fourth-order valence-electron chi connectivity index (χ4n) is 1.75. The first-order valence-corrected chi connectivity index (χ1v) is 7.90. The highest BCUT2D eigenvalue weighted by atomic mass is 35.5. The van der Waals surface area contributed by atoms with Crippen LogP contribution in [0.25, 0.3) is 0 Å². The van der Waals surface area contributed by atoms with Crippen LogP contribution in [-0.2, 0) is 4.79 Å². The predicted molar refractivity (Wildman–Crippen MR) is 95.7 cm³/mol. The summed E-state index contributed by atoms with van der Waals surface area (Å²) in [5.74, 6) is -1.05. The maximum absolute atomic E-state index is 11.9. The van der Waals surface area contributed by atoms with E-state index < -0.39 is 18.0 Å². The molecular weight excluding hydrogens is 367 g/mol. The number of nitrogens with one attached hydrogen (secondary N) is 1. The number of carbonyl (C=O) groups excluding carboxylic acids is 1. The van der Waals surface area contributed by atoms with Gasteiger partial charge in [-0.2, -0.15) is 5.10 Å². The van der Waals surface area contributed by atoms with Crippen LogP contribution < -0.4 is 10.2 Å². The lowest BCUT2D eigenvalue weighted by Gasteiger charge is -2.09. The van der Waals surface area contributed by atoms with Gasteiger partial charge in [-0.3, -0.25) is 4.79 Å². The average Bonchev–Trinajstić information content (AvgIpc) is 2.58. The first kappa shape index (κ1) is 18.8. The molecule has 0 bridgehead atoms. The predicted octanol–water partition coefficient (Wildman–Crippen LogP) is 3.61. The zero-order chi connectivity index (χ0) is 18.4. The maximum atomic E-state index is 11.9. The third kappa shape index (κ3) is 5.48. The van der Waals surface area contributed by atoms with Crippen molar-refractivity contribution >= 4 is 41.3 Å². The second-order valence-corrected chi connectivity index (χ2v) is 5.81. The van der Waals surface area contributed by atoms with E-state index in [0.717, 1.165) is 0 Å². The molecule has 0 radical (unpaired) electrons. The van der Waals surface area contributed by atoms with E-state index >= 15 is 0 Å². The second kappa shape index (κ2) is 8.50. The highest BCUT2D eigenvalue weighted by Gasteiger charge is 2.12. The number of hydrazone groups is 1. The molecule has 0 aromatic heterocycles. The Hall–Kier alpha value is -2.57. The van der Waals surface area contributed by atoms with Gasteiger partial charge in [0, 0.05) is 5.56 Å². The number of hydrogen-bond donors (Lipinski definition) is 2. The van der Waals surface area contributed by atoms with E-state index in [0.29, 0.717) is 21.9 Å². The molecule has 8 heteroatoms. The summed E-state index contributed by atoms with van der Waals surface area (Å²) in [6.45, 7) is 1.44. The van der Waals surface area contributed by atoms with Gasteiger partial charge in [-0.05, 0) is 55.0 Å². The Morgan fingerprint density at radius 2 is 1.84 bits per heavy atom. The van der Waals surface area contributed by atoms with Crippen LogP contribution >= 0.6 is 23.2 Å². The fraction of sp³-hybridized carbons (Fsp3) is 0.118. The normalized spacial score (nSPS) is 12.0. The van der Waals surface area contributed by atoms with Gasteiger partial charge in [-0.15, -0.1) is 0 Å². The smallest absolute Gasteiger partial charge is 0.344 e. The Balaban J connectivity index is 1.94. The van der Waals surface area contributed by atoms with Crippen molar-refractivity contribution < 1.29 is 19.4 Å². The molecule has 0 fully saturated rings. The van der Waals surface area contributed by atoms with Gasteiger partial charge in [-0.25, -0.2) is 10.2 Å². The number of carbonyl (C=O) groups is 2. The van der Waals surface area contributed by atoms with Gasteiger partial charge in [-0.1, -0.05) is 23.2 Å². The lowest BCUT2D eigenvalue weighted by Crippen LogP contribution is -2.22. The highest BCUT2D eigenvalue weighted by molar-refractivity contribution is 6.42. The summed E-state index contributed by atoms with van der Waals surface area (Å²) >= 11 is 11.7. The average molecular weight is 381 g/mol. The third-order valence-corrected chi connectivity index (χ3v) is 3.84. The zero-order valence-electron chi connectivity index (χ0n) is 13.1. The van der Waals surface area contributed by atoms with Crippen LogP contribution in [0.4, 0.5) is 0 Å². The molecule has 1 amide bonds. The third-order valence-electron chi connectivity index (χ3n) is 3.10. The van der Waals surface area contributed by atoms with E-state index in [-0.39, 0.29) is 5.02 Å². The molecule has 2 N–H and O–H groups in total. The number of nitrogens with zero attached hydrogens (tertiary/aromatic N) is 1. The van der Waals surface area contributed by atoms with Gasteiger partial charge < -0.3 is 9.84 Å². The number of halogens is 2. The van der Waals surface area contributed by atoms with Crippen LogP contribution in [0, 0.1) is 0 Å². The van der Waals surface area contributed by atoms with E-state index in [9.17, 15) is 9.59 Å². The van der Waals surface area contributed by atoms with Gasteiger partial charge in [0.05, 0.1) is 16.3 Å². The van der Waals surface area contributed by atoms with Gasteiger partial charge in [0.1, 0.15) is 5.75 Å². The van der Waals surface area contributed by atoms with Crippen LogP contribution in [0.3, 0.4) is 0 Å². The van der Waals surface area contributed by atoms with Crippen LogP contribution in [0.5, 0.6) is 5.75 Å². The van der Waals surface area contributed by atoms with Crippen molar-refractivity contribution in [2.45, 2.75) is 13.0 Å². The van der Waals surface area contributed by atoms with Crippen molar-refractivity contribution in [1.29, 1.82) is 0 Å². The molecule has 0 spiro atoms. The molecule has 0 saturated carbocycles. The highest BCUT2D eigenvalue weighted by Crippen LogP contribution is 2.22. The van der Waals surface area contributed by atoms with E-state index in [2.05, 4.69) is 10.5 Å². The van der Waals surface area contributed by atoms with Crippen molar-refractivity contribution in [1.82, 2.24) is 5.43 Å². The fourth-order valence-corrected chi connectivity index (χ4v) is 2.05. The van der Waals surface area contributed by atoms with E-state index in [1.807, 2.05) is 0 Å². The standard InChI is InChI=1S/C17H14Cl2N2O4/c1-10(17(23)24)25-13-5-2-11(3-6-13)9-20-21-16(22)12-4-7-14(18)15(19)8-12/h2-10H,1H3,(H,21,22)(H,23,24)/b20-9-/t10-/m0/s1. The molecule has 0 unspecified atom stereocenters. The zero-order valence-corrected chi connectivity index (χ0v) is 14.6. The quantitative estimate of drug-likeness (QED) is 0.591. The monoisotopic (exact) mass is 380 g/mol. The van der Waals surface area contributed by atoms with Crippen molar-refractivity contribution in [3.8, 4) is 5.75 Å². The summed E-state index contributed by atoms with van der Waals surface area (Å²) < 4.78 is 5.22. The Labute approximate surface area is 154 Å². The number of rotatable bonds is 6. The van der Waals surface area contributed by atoms with Gasteiger partial charge in [0.2, 0.25) is 0 Å². The molecule has 0 aliphatic heterocycles. The molecule has 1 atom stereocenters. The van der Waals surface area contributed by atoms with Crippen LogP contribution in [-0.4, -0.2) is 29.3 Å².